The van der Waals surface area contributed by atoms with Crippen molar-refractivity contribution in [2.75, 3.05) is 25.1 Å². The van der Waals surface area contributed by atoms with E-state index in [2.05, 4.69) is 28.9 Å². The Morgan fingerprint density at radius 3 is 2.40 bits per heavy atom. The van der Waals surface area contributed by atoms with E-state index in [9.17, 15) is 13.2 Å². The Bertz CT molecular complexity index is 1050. The fourth-order valence-corrected chi connectivity index (χ4v) is 6.25. The molecule has 4 rings (SSSR count). The number of nitrogens with zero attached hydrogens (tertiary/aromatic N) is 2. The van der Waals surface area contributed by atoms with E-state index in [-0.39, 0.29) is 22.8 Å². The summed E-state index contributed by atoms with van der Waals surface area (Å²) in [7, 11) is -2.03. The summed E-state index contributed by atoms with van der Waals surface area (Å²) in [5.74, 6) is 0.555. The van der Waals surface area contributed by atoms with Gasteiger partial charge in [0.25, 0.3) is 0 Å². The molecule has 0 unspecified atom stereocenters. The number of ether oxygens (including phenoxy) is 1. The van der Waals surface area contributed by atoms with Crippen LogP contribution in [-0.4, -0.2) is 44.9 Å². The van der Waals surface area contributed by atoms with Crippen molar-refractivity contribution in [1.29, 1.82) is 0 Å². The number of carbonyl (C=O) groups excluding carboxylic acids is 1. The predicted octanol–water partition coefficient (Wildman–Crippen LogP) is 3.84. The van der Waals surface area contributed by atoms with Crippen LogP contribution in [0.4, 0.5) is 5.69 Å². The van der Waals surface area contributed by atoms with Crippen LogP contribution in [0.5, 0.6) is 5.75 Å². The SMILES string of the molecule is COc1ccc(S(=O)(=O)N2CCC(C(=O)N3c4ccc(Br)cc4C[C@@H]3C)CC2)cc1. The third-order valence-electron chi connectivity index (χ3n) is 5.99. The first-order chi connectivity index (χ1) is 14.3. The van der Waals surface area contributed by atoms with Crippen molar-refractivity contribution < 1.29 is 17.9 Å². The first kappa shape index (κ1) is 21.3. The molecular formula is C22H25BrN2O4S. The molecule has 1 saturated heterocycles. The van der Waals surface area contributed by atoms with E-state index >= 15 is 0 Å². The zero-order valence-corrected chi connectivity index (χ0v) is 19.4. The van der Waals surface area contributed by atoms with Crippen LogP contribution in [0.15, 0.2) is 51.8 Å². The minimum Gasteiger partial charge on any atom is -0.497 e. The number of anilines is 1. The van der Waals surface area contributed by atoms with Crippen molar-refractivity contribution in [3.05, 3.63) is 52.5 Å². The molecule has 6 nitrogen and oxygen atoms in total. The Kier molecular flexibility index (Phi) is 5.92. The first-order valence-corrected chi connectivity index (χ1v) is 12.3. The van der Waals surface area contributed by atoms with Crippen molar-refractivity contribution in [2.24, 2.45) is 5.92 Å². The molecule has 0 radical (unpaired) electrons. The van der Waals surface area contributed by atoms with Gasteiger partial charge in [-0.2, -0.15) is 4.31 Å². The molecule has 0 N–H and O–H groups in total. The molecule has 0 bridgehead atoms. The molecule has 0 aromatic heterocycles. The number of sulfonamides is 1. The van der Waals surface area contributed by atoms with E-state index in [4.69, 9.17) is 4.74 Å². The monoisotopic (exact) mass is 492 g/mol. The lowest BCUT2D eigenvalue weighted by molar-refractivity contribution is -0.123. The van der Waals surface area contributed by atoms with Gasteiger partial charge in [0, 0.05) is 35.2 Å². The predicted molar refractivity (Wildman–Crippen MR) is 119 cm³/mol. The van der Waals surface area contributed by atoms with Gasteiger partial charge in [-0.05, 0) is 74.2 Å². The molecule has 1 amide bonds. The summed E-state index contributed by atoms with van der Waals surface area (Å²) in [5, 5.41) is 0. The minimum absolute atomic E-state index is 0.102. The van der Waals surface area contributed by atoms with Gasteiger partial charge in [-0.25, -0.2) is 8.42 Å². The number of amides is 1. The van der Waals surface area contributed by atoms with Gasteiger partial charge in [0.05, 0.1) is 12.0 Å². The number of piperidine rings is 1. The molecule has 2 aromatic carbocycles. The fourth-order valence-electron chi connectivity index (χ4n) is 4.37. The maximum Gasteiger partial charge on any atom is 0.243 e. The highest BCUT2D eigenvalue weighted by Gasteiger charge is 2.38. The lowest BCUT2D eigenvalue weighted by atomic mass is 9.96. The molecule has 2 aliphatic heterocycles. The van der Waals surface area contributed by atoms with Gasteiger partial charge >= 0.3 is 0 Å². The number of halogens is 1. The van der Waals surface area contributed by atoms with Gasteiger partial charge in [0.1, 0.15) is 5.75 Å². The molecule has 30 heavy (non-hydrogen) atoms. The van der Waals surface area contributed by atoms with Crippen LogP contribution in [-0.2, 0) is 21.2 Å². The molecule has 1 fully saturated rings. The molecule has 0 spiro atoms. The van der Waals surface area contributed by atoms with Gasteiger partial charge in [0.2, 0.25) is 15.9 Å². The van der Waals surface area contributed by atoms with Crippen molar-refractivity contribution in [2.45, 2.75) is 37.1 Å². The Hall–Kier alpha value is -1.90. The van der Waals surface area contributed by atoms with Crippen LogP contribution in [0, 0.1) is 5.92 Å². The fraction of sp³-hybridized carbons (Fsp3) is 0.409. The number of methoxy groups -OCH3 is 1. The van der Waals surface area contributed by atoms with Gasteiger partial charge in [-0.1, -0.05) is 15.9 Å². The van der Waals surface area contributed by atoms with Crippen LogP contribution < -0.4 is 9.64 Å². The normalized spacial score (nSPS) is 20.2. The Morgan fingerprint density at radius 2 is 1.77 bits per heavy atom. The quantitative estimate of drug-likeness (QED) is 0.650. The van der Waals surface area contributed by atoms with Crippen molar-refractivity contribution in [1.82, 2.24) is 4.31 Å². The summed E-state index contributed by atoms with van der Waals surface area (Å²) in [6, 6.07) is 12.6. The van der Waals surface area contributed by atoms with Crippen LogP contribution in [0.25, 0.3) is 0 Å². The van der Waals surface area contributed by atoms with Gasteiger partial charge in [0.15, 0.2) is 0 Å². The second kappa shape index (κ2) is 8.32. The molecule has 2 aliphatic rings. The summed E-state index contributed by atoms with van der Waals surface area (Å²) in [6.45, 7) is 2.76. The van der Waals surface area contributed by atoms with Gasteiger partial charge in [-0.15, -0.1) is 0 Å². The van der Waals surface area contributed by atoms with E-state index in [0.29, 0.717) is 31.7 Å². The molecule has 2 heterocycles. The van der Waals surface area contributed by atoms with E-state index in [0.717, 1.165) is 16.6 Å². The van der Waals surface area contributed by atoms with E-state index < -0.39 is 10.0 Å². The third kappa shape index (κ3) is 3.88. The van der Waals surface area contributed by atoms with Crippen LogP contribution >= 0.6 is 15.9 Å². The Morgan fingerprint density at radius 1 is 1.10 bits per heavy atom. The Balaban J connectivity index is 1.45. The lowest BCUT2D eigenvalue weighted by Crippen LogP contribution is -2.46. The maximum absolute atomic E-state index is 13.3. The molecule has 0 aliphatic carbocycles. The summed E-state index contributed by atoms with van der Waals surface area (Å²) in [5.41, 5.74) is 2.15. The number of hydrogen-bond donors (Lipinski definition) is 0. The van der Waals surface area contributed by atoms with Crippen molar-refractivity contribution in [3.63, 3.8) is 0 Å². The number of fused-ring (bicyclic) bond motifs is 1. The maximum atomic E-state index is 13.3. The summed E-state index contributed by atoms with van der Waals surface area (Å²) < 4.78 is 33.5. The van der Waals surface area contributed by atoms with E-state index in [1.807, 2.05) is 17.0 Å². The molecule has 2 aromatic rings. The van der Waals surface area contributed by atoms with E-state index in [1.165, 1.54) is 9.87 Å². The average Bonchev–Trinajstić information content (AvgIpc) is 3.08. The number of hydrogen-bond acceptors (Lipinski definition) is 4. The van der Waals surface area contributed by atoms with Gasteiger partial charge < -0.3 is 9.64 Å². The minimum atomic E-state index is -3.57. The zero-order valence-electron chi connectivity index (χ0n) is 17.0. The number of carbonyl (C=O) groups is 1. The first-order valence-electron chi connectivity index (χ1n) is 10.1. The second-order valence-electron chi connectivity index (χ2n) is 7.89. The lowest BCUT2D eigenvalue weighted by Gasteiger charge is -2.34. The Labute approximate surface area is 186 Å². The van der Waals surface area contributed by atoms with E-state index in [1.54, 1.807) is 31.4 Å². The largest absolute Gasteiger partial charge is 0.497 e. The highest BCUT2D eigenvalue weighted by Crippen LogP contribution is 2.36. The summed E-state index contributed by atoms with van der Waals surface area (Å²) >= 11 is 3.50. The standard InChI is InChI=1S/C22H25BrN2O4S/c1-15-13-17-14-18(23)3-8-21(17)25(15)22(26)16-9-11-24(12-10-16)30(27,28)20-6-4-19(29-2)5-7-20/h3-8,14-16H,9-13H2,1-2H3/t15-/m0/s1. The number of benzene rings is 2. The van der Waals surface area contributed by atoms with Crippen molar-refractivity contribution in [3.8, 4) is 5.75 Å². The van der Waals surface area contributed by atoms with Crippen LogP contribution in [0.3, 0.4) is 0 Å². The van der Waals surface area contributed by atoms with Crippen LogP contribution in [0.1, 0.15) is 25.3 Å². The van der Waals surface area contributed by atoms with Crippen LogP contribution in [0.2, 0.25) is 0 Å². The third-order valence-corrected chi connectivity index (χ3v) is 8.40. The second-order valence-corrected chi connectivity index (χ2v) is 10.7. The molecule has 0 saturated carbocycles. The topological polar surface area (TPSA) is 66.9 Å². The summed E-state index contributed by atoms with van der Waals surface area (Å²) in [4.78, 5) is 15.4. The zero-order chi connectivity index (χ0) is 21.5. The molecule has 8 heteroatoms. The smallest absolute Gasteiger partial charge is 0.243 e. The van der Waals surface area contributed by atoms with Crippen molar-refractivity contribution >= 4 is 37.5 Å². The summed E-state index contributed by atoms with van der Waals surface area (Å²) in [6.07, 6.45) is 1.90. The number of rotatable bonds is 4. The highest BCUT2D eigenvalue weighted by molar-refractivity contribution is 9.10. The highest BCUT2D eigenvalue weighted by atomic mass is 79.9. The average molecular weight is 493 g/mol. The van der Waals surface area contributed by atoms with Gasteiger partial charge in [-0.3, -0.25) is 4.79 Å². The molecule has 1 atom stereocenters. The molecular weight excluding hydrogens is 468 g/mol. The molecule has 160 valence electrons.